The van der Waals surface area contributed by atoms with Gasteiger partial charge in [0.05, 0.1) is 13.2 Å². The van der Waals surface area contributed by atoms with E-state index in [0.29, 0.717) is 37.1 Å². The average molecular weight is 534 g/mol. The molecule has 176 valence electrons. The van der Waals surface area contributed by atoms with Gasteiger partial charge in [-0.15, -0.1) is 0 Å². The van der Waals surface area contributed by atoms with Gasteiger partial charge in [-0.2, -0.15) is 4.37 Å². The second kappa shape index (κ2) is 13.3. The number of halogens is 2. The first-order chi connectivity index (χ1) is 15.3. The first-order valence-electron chi connectivity index (χ1n) is 9.70. The number of primary amides is 1. The van der Waals surface area contributed by atoms with Crippen molar-refractivity contribution in [2.75, 3.05) is 44.7 Å². The third-order valence-corrected chi connectivity index (χ3v) is 5.52. The number of nitrogens with one attached hydrogen (secondary N) is 2. The highest BCUT2D eigenvalue weighted by Gasteiger charge is 2.22. The van der Waals surface area contributed by atoms with Crippen LogP contribution in [0.5, 0.6) is 5.88 Å². The van der Waals surface area contributed by atoms with Crippen LogP contribution in [0.15, 0.2) is 22.7 Å². The molecule has 0 bridgehead atoms. The van der Waals surface area contributed by atoms with E-state index in [0.717, 1.165) is 11.5 Å². The summed E-state index contributed by atoms with van der Waals surface area (Å²) in [5, 5.41) is 23.3. The Balaban J connectivity index is 1.90. The van der Waals surface area contributed by atoms with E-state index in [1.807, 2.05) is 4.90 Å². The van der Waals surface area contributed by atoms with Gasteiger partial charge in [0.25, 0.3) is 5.91 Å². The highest BCUT2D eigenvalue weighted by molar-refractivity contribution is 9.10. The van der Waals surface area contributed by atoms with Crippen LogP contribution >= 0.6 is 27.5 Å². The summed E-state index contributed by atoms with van der Waals surface area (Å²) in [5.41, 5.74) is 5.58. The van der Waals surface area contributed by atoms with E-state index in [4.69, 9.17) is 20.7 Å². The van der Waals surface area contributed by atoms with Gasteiger partial charge < -0.3 is 26.0 Å². The second-order valence-corrected chi connectivity index (χ2v) is 8.29. The van der Waals surface area contributed by atoms with Gasteiger partial charge in [0, 0.05) is 29.7 Å². The summed E-state index contributed by atoms with van der Waals surface area (Å²) in [6, 6.07) is 3.92. The predicted octanol–water partition coefficient (Wildman–Crippen LogP) is 1.52. The second-order valence-electron chi connectivity index (χ2n) is 6.60. The molecule has 6 N–H and O–H groups in total. The molecule has 1 aromatic heterocycles. The Morgan fingerprint density at radius 3 is 2.59 bits per heavy atom. The molecule has 0 unspecified atom stereocenters. The molecule has 0 aliphatic carbocycles. The Bertz CT molecular complexity index is 910. The standard InChI is InChI=1S/C19H25BrFN5O5S/c20-13-3-2-12(14(21)10-13)11-31-17-15(16(22)29)18(32-25-17)24-19(30)23-4-1-5-26(6-8-27)7-9-28/h2-3,10,27-28H,1,4-9,11H2,(H2,22,29)(H2,23,24,30). The van der Waals surface area contributed by atoms with Crippen molar-refractivity contribution < 1.29 is 28.9 Å². The molecule has 0 atom stereocenters. The smallest absolute Gasteiger partial charge is 0.319 e. The van der Waals surface area contributed by atoms with Crippen molar-refractivity contribution in [3.05, 3.63) is 39.6 Å². The third-order valence-electron chi connectivity index (χ3n) is 4.28. The van der Waals surface area contributed by atoms with E-state index in [1.54, 1.807) is 6.07 Å². The lowest BCUT2D eigenvalue weighted by atomic mass is 10.2. The maximum absolute atomic E-state index is 14.0. The molecule has 2 aromatic rings. The van der Waals surface area contributed by atoms with Gasteiger partial charge >= 0.3 is 6.03 Å². The van der Waals surface area contributed by atoms with Gasteiger partial charge in [-0.25, -0.2) is 9.18 Å². The third kappa shape index (κ3) is 7.98. The van der Waals surface area contributed by atoms with Crippen LogP contribution in [0.4, 0.5) is 14.2 Å². The maximum atomic E-state index is 14.0. The van der Waals surface area contributed by atoms with E-state index in [1.165, 1.54) is 12.1 Å². The lowest BCUT2D eigenvalue weighted by Crippen LogP contribution is -2.35. The molecular formula is C19H25BrFN5O5S. The monoisotopic (exact) mass is 533 g/mol. The fourth-order valence-electron chi connectivity index (χ4n) is 2.73. The number of hydrogen-bond donors (Lipinski definition) is 5. The number of urea groups is 1. The van der Waals surface area contributed by atoms with E-state index < -0.39 is 17.8 Å². The molecule has 1 heterocycles. The van der Waals surface area contributed by atoms with Crippen molar-refractivity contribution in [3.63, 3.8) is 0 Å². The SMILES string of the molecule is NC(=O)c1c(OCc2ccc(Br)cc2F)nsc1NC(=O)NCCCN(CCO)CCO. The van der Waals surface area contributed by atoms with Crippen LogP contribution in [0, 0.1) is 5.82 Å². The molecule has 0 saturated carbocycles. The van der Waals surface area contributed by atoms with Gasteiger partial charge in [0.2, 0.25) is 5.88 Å². The molecule has 0 saturated heterocycles. The summed E-state index contributed by atoms with van der Waals surface area (Å²) in [4.78, 5) is 25.9. The minimum Gasteiger partial charge on any atom is -0.471 e. The summed E-state index contributed by atoms with van der Waals surface area (Å²) < 4.78 is 24.0. The number of aromatic nitrogens is 1. The molecule has 1 aromatic carbocycles. The molecule has 0 spiro atoms. The molecule has 0 radical (unpaired) electrons. The van der Waals surface area contributed by atoms with Crippen LogP contribution in [0.3, 0.4) is 0 Å². The van der Waals surface area contributed by atoms with E-state index in [-0.39, 0.29) is 41.8 Å². The summed E-state index contributed by atoms with van der Waals surface area (Å²) in [7, 11) is 0. The quantitative estimate of drug-likeness (QED) is 0.245. The number of amides is 3. The van der Waals surface area contributed by atoms with Crippen molar-refractivity contribution in [1.29, 1.82) is 0 Å². The fourth-order valence-corrected chi connectivity index (χ4v) is 3.80. The van der Waals surface area contributed by atoms with Crippen molar-refractivity contribution in [3.8, 4) is 5.88 Å². The number of anilines is 1. The van der Waals surface area contributed by atoms with Crippen molar-refractivity contribution in [1.82, 2.24) is 14.6 Å². The maximum Gasteiger partial charge on any atom is 0.319 e. The Morgan fingerprint density at radius 2 is 1.97 bits per heavy atom. The molecule has 0 fully saturated rings. The topological polar surface area (TPSA) is 150 Å². The lowest BCUT2D eigenvalue weighted by Gasteiger charge is -2.19. The molecule has 13 heteroatoms. The zero-order chi connectivity index (χ0) is 23.5. The Labute approximate surface area is 196 Å². The number of carbonyl (C=O) groups is 2. The highest BCUT2D eigenvalue weighted by atomic mass is 79.9. The molecule has 2 rings (SSSR count). The normalized spacial score (nSPS) is 10.9. The number of carbonyl (C=O) groups excluding carboxylic acids is 2. The number of aliphatic hydroxyl groups excluding tert-OH is 2. The Morgan fingerprint density at radius 1 is 1.25 bits per heavy atom. The molecule has 32 heavy (non-hydrogen) atoms. The molecule has 0 aliphatic rings. The van der Waals surface area contributed by atoms with Crippen molar-refractivity contribution >= 4 is 44.4 Å². The number of nitrogens with zero attached hydrogens (tertiary/aromatic N) is 2. The highest BCUT2D eigenvalue weighted by Crippen LogP contribution is 2.31. The van der Waals surface area contributed by atoms with Crippen LogP contribution in [0.2, 0.25) is 0 Å². The number of nitrogens with two attached hydrogens (primary N) is 1. The van der Waals surface area contributed by atoms with E-state index in [9.17, 15) is 14.0 Å². The lowest BCUT2D eigenvalue weighted by molar-refractivity contribution is 0.0996. The zero-order valence-electron chi connectivity index (χ0n) is 17.1. The first-order valence-corrected chi connectivity index (χ1v) is 11.3. The summed E-state index contributed by atoms with van der Waals surface area (Å²) in [6.07, 6.45) is 0.589. The van der Waals surface area contributed by atoms with Gasteiger partial charge in [-0.3, -0.25) is 15.0 Å². The van der Waals surface area contributed by atoms with E-state index in [2.05, 4.69) is 30.9 Å². The van der Waals surface area contributed by atoms with Crippen LogP contribution in [0.25, 0.3) is 0 Å². The molecule has 10 nitrogen and oxygen atoms in total. The Hall–Kier alpha value is -2.32. The summed E-state index contributed by atoms with van der Waals surface area (Å²) in [6.45, 7) is 1.56. The minimum absolute atomic E-state index is 0.0198. The zero-order valence-corrected chi connectivity index (χ0v) is 19.5. The van der Waals surface area contributed by atoms with E-state index >= 15 is 0 Å². The summed E-state index contributed by atoms with van der Waals surface area (Å²) >= 11 is 3.99. The average Bonchev–Trinajstić information content (AvgIpc) is 3.13. The van der Waals surface area contributed by atoms with Gasteiger partial charge in [0.15, 0.2) is 0 Å². The molecular weight excluding hydrogens is 509 g/mol. The van der Waals surface area contributed by atoms with Crippen LogP contribution in [-0.4, -0.2) is 70.8 Å². The van der Waals surface area contributed by atoms with Crippen molar-refractivity contribution in [2.45, 2.75) is 13.0 Å². The number of hydrogen-bond acceptors (Lipinski definition) is 8. The number of rotatable bonds is 13. The first kappa shape index (κ1) is 25.9. The van der Waals surface area contributed by atoms with Gasteiger partial charge in [0.1, 0.15) is 23.0 Å². The van der Waals surface area contributed by atoms with Crippen LogP contribution in [-0.2, 0) is 6.61 Å². The Kier molecular flexibility index (Phi) is 10.8. The summed E-state index contributed by atoms with van der Waals surface area (Å²) in [5.74, 6) is -1.42. The molecule has 0 aliphatic heterocycles. The number of ether oxygens (including phenoxy) is 1. The van der Waals surface area contributed by atoms with Gasteiger partial charge in [-0.05, 0) is 36.6 Å². The van der Waals surface area contributed by atoms with Crippen molar-refractivity contribution in [2.24, 2.45) is 5.73 Å². The minimum atomic E-state index is -0.844. The number of aliphatic hydroxyl groups is 2. The number of benzene rings is 1. The van der Waals surface area contributed by atoms with Crippen LogP contribution in [0.1, 0.15) is 22.3 Å². The van der Waals surface area contributed by atoms with Crippen LogP contribution < -0.4 is 21.1 Å². The largest absolute Gasteiger partial charge is 0.471 e. The molecule has 3 amide bonds. The fraction of sp³-hybridized carbons (Fsp3) is 0.421. The van der Waals surface area contributed by atoms with Gasteiger partial charge in [-0.1, -0.05) is 22.0 Å². The predicted molar refractivity (Wildman–Crippen MR) is 121 cm³/mol.